The van der Waals surface area contributed by atoms with Gasteiger partial charge in [0, 0.05) is 10.2 Å². The molecular weight excluding hydrogens is 562 g/mol. The average Bonchev–Trinajstić information content (AvgIpc) is 3.10. The summed E-state index contributed by atoms with van der Waals surface area (Å²) >= 11 is 3.21. The molecule has 2 aromatic rings. The van der Waals surface area contributed by atoms with Gasteiger partial charge in [0.05, 0.1) is 6.54 Å². The van der Waals surface area contributed by atoms with Crippen LogP contribution in [0.5, 0.6) is 0 Å². The molecule has 13 heteroatoms. The van der Waals surface area contributed by atoms with Crippen LogP contribution in [0.25, 0.3) is 0 Å². The number of carbonyl (C=O) groups is 2. The standard InChI is InChI=1S/C23H21BrF6N2O4/c1-20(2,3)36-19(34)31-12-13-11-14(24)9-10-16(13)17(31)18(33)32(15-7-5-4-6-8-15)21(35,22(25,26)27)23(28,29)30/h4-11,17,35H,12H2,1-3H3. The smallest absolute Gasteiger partial charge is 0.444 e. The first kappa shape index (κ1) is 27.8. The lowest BCUT2D eigenvalue weighted by Crippen LogP contribution is -2.70. The molecule has 36 heavy (non-hydrogen) atoms. The number of amides is 2. The van der Waals surface area contributed by atoms with Crippen LogP contribution in [0.4, 0.5) is 36.8 Å². The van der Waals surface area contributed by atoms with Gasteiger partial charge in [-0.05, 0) is 56.2 Å². The Morgan fingerprint density at radius 3 is 2.06 bits per heavy atom. The van der Waals surface area contributed by atoms with Crippen LogP contribution in [0.3, 0.4) is 0 Å². The fourth-order valence-electron chi connectivity index (χ4n) is 3.76. The van der Waals surface area contributed by atoms with Gasteiger partial charge >= 0.3 is 24.2 Å². The number of hydrogen-bond acceptors (Lipinski definition) is 4. The largest absolute Gasteiger partial charge is 0.446 e. The number of para-hydroxylation sites is 1. The molecule has 1 aliphatic heterocycles. The normalized spacial score (nSPS) is 16.5. The summed E-state index contributed by atoms with van der Waals surface area (Å²) < 4.78 is 89.4. The van der Waals surface area contributed by atoms with E-state index in [2.05, 4.69) is 15.9 Å². The molecule has 0 spiro atoms. The molecule has 3 rings (SSSR count). The van der Waals surface area contributed by atoms with Crippen molar-refractivity contribution in [2.45, 2.75) is 57.0 Å². The summed E-state index contributed by atoms with van der Waals surface area (Å²) in [5.74, 6) is -1.83. The molecule has 0 radical (unpaired) electrons. The van der Waals surface area contributed by atoms with Crippen molar-refractivity contribution < 1.29 is 45.8 Å². The van der Waals surface area contributed by atoms with Gasteiger partial charge in [0.15, 0.2) is 0 Å². The first-order valence-electron chi connectivity index (χ1n) is 10.4. The maximum absolute atomic E-state index is 13.9. The quantitative estimate of drug-likeness (QED) is 0.351. The van der Waals surface area contributed by atoms with E-state index >= 15 is 0 Å². The van der Waals surface area contributed by atoms with Crippen molar-refractivity contribution in [3.63, 3.8) is 0 Å². The molecule has 1 N–H and O–H groups in total. The molecule has 1 unspecified atom stereocenters. The summed E-state index contributed by atoms with van der Waals surface area (Å²) in [5, 5.41) is 10.2. The van der Waals surface area contributed by atoms with E-state index in [0.29, 0.717) is 10.0 Å². The SMILES string of the molecule is CC(C)(C)OC(=O)N1Cc2cc(Br)ccc2C1C(=O)N(c1ccccc1)C(O)(C(F)(F)F)C(F)(F)F. The summed E-state index contributed by atoms with van der Waals surface area (Å²) in [4.78, 5) is 26.6. The summed E-state index contributed by atoms with van der Waals surface area (Å²) in [6.45, 7) is 4.18. The lowest BCUT2D eigenvalue weighted by atomic mass is 10.0. The third-order valence-electron chi connectivity index (χ3n) is 5.26. The van der Waals surface area contributed by atoms with Gasteiger partial charge in [-0.25, -0.2) is 4.79 Å². The summed E-state index contributed by atoms with van der Waals surface area (Å²) in [6.07, 6.45) is -13.8. The van der Waals surface area contributed by atoms with Gasteiger partial charge < -0.3 is 9.84 Å². The molecule has 196 valence electrons. The van der Waals surface area contributed by atoms with Crippen molar-refractivity contribution in [3.05, 3.63) is 64.1 Å². The number of rotatable bonds is 3. The Balaban J connectivity index is 2.25. The third kappa shape index (κ3) is 5.03. The Labute approximate surface area is 210 Å². The second kappa shape index (κ2) is 9.25. The molecule has 0 aliphatic carbocycles. The van der Waals surface area contributed by atoms with Crippen LogP contribution < -0.4 is 4.90 Å². The van der Waals surface area contributed by atoms with Crippen molar-refractivity contribution in [2.24, 2.45) is 0 Å². The van der Waals surface area contributed by atoms with E-state index < -0.39 is 52.3 Å². The minimum absolute atomic E-state index is 0.0123. The van der Waals surface area contributed by atoms with Gasteiger partial charge in [-0.1, -0.05) is 40.2 Å². The Bertz CT molecular complexity index is 1130. The molecule has 1 heterocycles. The summed E-state index contributed by atoms with van der Waals surface area (Å²) in [5.41, 5.74) is -7.28. The maximum atomic E-state index is 13.9. The number of aliphatic hydroxyl groups is 1. The van der Waals surface area contributed by atoms with Crippen LogP contribution in [0.1, 0.15) is 37.9 Å². The highest BCUT2D eigenvalue weighted by atomic mass is 79.9. The minimum Gasteiger partial charge on any atom is -0.444 e. The minimum atomic E-state index is -6.35. The van der Waals surface area contributed by atoms with Gasteiger partial charge in [-0.3, -0.25) is 14.6 Å². The molecule has 6 nitrogen and oxygen atoms in total. The zero-order valence-electron chi connectivity index (χ0n) is 19.1. The van der Waals surface area contributed by atoms with Crippen molar-refractivity contribution in [1.29, 1.82) is 0 Å². The highest BCUT2D eigenvalue weighted by Crippen LogP contribution is 2.49. The molecule has 0 aromatic heterocycles. The molecule has 0 bridgehead atoms. The number of nitrogens with zero attached hydrogens (tertiary/aromatic N) is 2. The molecule has 1 atom stereocenters. The van der Waals surface area contributed by atoms with E-state index in [1.165, 1.54) is 45.0 Å². The van der Waals surface area contributed by atoms with Crippen LogP contribution in [-0.2, 0) is 16.1 Å². The Morgan fingerprint density at radius 2 is 1.56 bits per heavy atom. The van der Waals surface area contributed by atoms with E-state index in [1.807, 2.05) is 0 Å². The number of carbonyl (C=O) groups excluding carboxylic acids is 2. The second-order valence-corrected chi connectivity index (χ2v) is 9.95. The molecule has 0 fully saturated rings. The van der Waals surface area contributed by atoms with Gasteiger partial charge in [0.1, 0.15) is 11.6 Å². The number of halogens is 7. The molecule has 2 amide bonds. The summed E-state index contributed by atoms with van der Waals surface area (Å²) in [6, 6.07) is 7.39. The summed E-state index contributed by atoms with van der Waals surface area (Å²) in [7, 11) is 0. The fourth-order valence-corrected chi connectivity index (χ4v) is 4.17. The molecular formula is C23H21BrF6N2O4. The first-order valence-corrected chi connectivity index (χ1v) is 11.2. The number of fused-ring (bicyclic) bond motifs is 1. The number of ether oxygens (including phenoxy) is 1. The number of hydrogen-bond donors (Lipinski definition) is 1. The molecule has 2 aromatic carbocycles. The van der Waals surface area contributed by atoms with E-state index in [1.54, 1.807) is 0 Å². The fraction of sp³-hybridized carbons (Fsp3) is 0.391. The molecule has 0 saturated carbocycles. The topological polar surface area (TPSA) is 70.1 Å². The highest BCUT2D eigenvalue weighted by Gasteiger charge is 2.76. The van der Waals surface area contributed by atoms with Gasteiger partial charge in [-0.15, -0.1) is 0 Å². The predicted molar refractivity (Wildman–Crippen MR) is 120 cm³/mol. The van der Waals surface area contributed by atoms with Crippen LogP contribution in [0, 0.1) is 0 Å². The van der Waals surface area contributed by atoms with Crippen LogP contribution in [0.15, 0.2) is 53.0 Å². The van der Waals surface area contributed by atoms with E-state index in [9.17, 15) is 41.0 Å². The van der Waals surface area contributed by atoms with E-state index in [-0.39, 0.29) is 12.1 Å². The number of benzene rings is 2. The monoisotopic (exact) mass is 582 g/mol. The van der Waals surface area contributed by atoms with Gasteiger partial charge in [0.25, 0.3) is 5.91 Å². The second-order valence-electron chi connectivity index (χ2n) is 9.03. The lowest BCUT2D eigenvalue weighted by molar-refractivity contribution is -0.365. The Hall–Kier alpha value is -2.80. The average molecular weight is 583 g/mol. The third-order valence-corrected chi connectivity index (χ3v) is 5.76. The van der Waals surface area contributed by atoms with Gasteiger partial charge in [-0.2, -0.15) is 26.3 Å². The highest BCUT2D eigenvalue weighted by molar-refractivity contribution is 9.10. The van der Waals surface area contributed by atoms with Crippen LogP contribution in [-0.4, -0.2) is 45.7 Å². The van der Waals surface area contributed by atoms with Crippen molar-refractivity contribution in [3.8, 4) is 0 Å². The van der Waals surface area contributed by atoms with Crippen LogP contribution in [0.2, 0.25) is 0 Å². The predicted octanol–water partition coefficient (Wildman–Crippen LogP) is 6.09. The first-order chi connectivity index (χ1) is 16.4. The maximum Gasteiger partial charge on any atom is 0.446 e. The zero-order valence-corrected chi connectivity index (χ0v) is 20.7. The molecule has 1 aliphatic rings. The number of anilines is 1. The Morgan fingerprint density at radius 1 is 1.00 bits per heavy atom. The number of alkyl halides is 6. The van der Waals surface area contributed by atoms with E-state index in [0.717, 1.165) is 29.2 Å². The van der Waals surface area contributed by atoms with Gasteiger partial charge in [0.2, 0.25) is 0 Å². The molecule has 0 saturated heterocycles. The van der Waals surface area contributed by atoms with Crippen molar-refractivity contribution in [2.75, 3.05) is 4.90 Å². The van der Waals surface area contributed by atoms with Crippen molar-refractivity contribution >= 4 is 33.6 Å². The van der Waals surface area contributed by atoms with E-state index in [4.69, 9.17) is 4.74 Å². The van der Waals surface area contributed by atoms with Crippen molar-refractivity contribution in [1.82, 2.24) is 4.90 Å². The van der Waals surface area contributed by atoms with Crippen LogP contribution >= 0.6 is 15.9 Å². The lowest BCUT2D eigenvalue weighted by Gasteiger charge is -2.43. The Kier molecular flexibility index (Phi) is 7.14. The zero-order chi connectivity index (χ0) is 27.3.